The van der Waals surface area contributed by atoms with Crippen LogP contribution in [-0.2, 0) is 12.8 Å². The zero-order valence-corrected chi connectivity index (χ0v) is 24.2. The average Bonchev–Trinajstić information content (AvgIpc) is 3.04. The first-order chi connectivity index (χ1) is 20.8. The van der Waals surface area contributed by atoms with E-state index in [1.165, 1.54) is 0 Å². The Morgan fingerprint density at radius 1 is 0.884 bits per heavy atom. The molecule has 4 aromatic rings. The van der Waals surface area contributed by atoms with E-state index < -0.39 is 5.97 Å². The van der Waals surface area contributed by atoms with Crippen LogP contribution in [0.3, 0.4) is 0 Å². The van der Waals surface area contributed by atoms with Crippen LogP contribution in [0.5, 0.6) is 0 Å². The van der Waals surface area contributed by atoms with Gasteiger partial charge in [0.05, 0.1) is 11.5 Å². The minimum Gasteiger partial charge on any atom is -0.478 e. The first kappa shape index (κ1) is 29.3. The maximum absolute atomic E-state index is 13.4. The molecule has 7 nitrogen and oxygen atoms in total. The SMILES string of the molecule is CN1CCC(=O)c2ccccc21.CN1c2ccccc2C(=O)C(Cc2ccc(C(=O)O)cc2)C1C#CCc1cccnc1. The van der Waals surface area contributed by atoms with Crippen molar-refractivity contribution >= 4 is 28.9 Å². The molecule has 0 amide bonds. The number of para-hydroxylation sites is 2. The average molecular weight is 572 g/mol. The summed E-state index contributed by atoms with van der Waals surface area (Å²) in [5.41, 5.74) is 5.68. The third-order valence-electron chi connectivity index (χ3n) is 7.90. The summed E-state index contributed by atoms with van der Waals surface area (Å²) in [5, 5.41) is 9.13. The number of nitrogens with zero attached hydrogens (tertiary/aromatic N) is 3. The number of rotatable bonds is 4. The summed E-state index contributed by atoms with van der Waals surface area (Å²) < 4.78 is 0. The van der Waals surface area contributed by atoms with Gasteiger partial charge in [-0.1, -0.05) is 54.3 Å². The van der Waals surface area contributed by atoms with Crippen LogP contribution >= 0.6 is 0 Å². The van der Waals surface area contributed by atoms with Crippen LogP contribution in [0.1, 0.15) is 48.6 Å². The van der Waals surface area contributed by atoms with Gasteiger partial charge in [-0.25, -0.2) is 4.79 Å². The minimum atomic E-state index is -0.965. The lowest BCUT2D eigenvalue weighted by Crippen LogP contribution is -2.46. The van der Waals surface area contributed by atoms with Gasteiger partial charge in [-0.2, -0.15) is 0 Å². The number of fused-ring (bicyclic) bond motifs is 2. The van der Waals surface area contributed by atoms with E-state index in [0.29, 0.717) is 24.8 Å². The van der Waals surface area contributed by atoms with Gasteiger partial charge in [0.25, 0.3) is 0 Å². The van der Waals surface area contributed by atoms with Gasteiger partial charge in [0.1, 0.15) is 6.04 Å². The molecule has 0 saturated carbocycles. The van der Waals surface area contributed by atoms with Crippen molar-refractivity contribution in [1.29, 1.82) is 0 Å². The van der Waals surface area contributed by atoms with Crippen LogP contribution in [0.15, 0.2) is 97.3 Å². The number of carboxylic acids is 1. The zero-order chi connectivity index (χ0) is 30.3. The number of carboxylic acid groups (broad SMARTS) is 1. The second-order valence-corrected chi connectivity index (χ2v) is 10.7. The van der Waals surface area contributed by atoms with Gasteiger partial charge in [-0.3, -0.25) is 14.6 Å². The van der Waals surface area contributed by atoms with Crippen LogP contribution in [0.2, 0.25) is 0 Å². The molecule has 0 bridgehead atoms. The molecular weight excluding hydrogens is 538 g/mol. The van der Waals surface area contributed by atoms with Crippen molar-refractivity contribution in [2.45, 2.75) is 25.3 Å². The highest BCUT2D eigenvalue weighted by atomic mass is 16.4. The number of anilines is 2. The molecular formula is C36H33N3O4. The largest absolute Gasteiger partial charge is 0.478 e. The van der Waals surface area contributed by atoms with Crippen molar-refractivity contribution in [3.8, 4) is 11.8 Å². The van der Waals surface area contributed by atoms with E-state index in [0.717, 1.165) is 34.6 Å². The molecule has 43 heavy (non-hydrogen) atoms. The summed E-state index contributed by atoms with van der Waals surface area (Å²) in [6, 6.07) is 25.6. The van der Waals surface area contributed by atoms with Gasteiger partial charge >= 0.3 is 5.97 Å². The first-order valence-corrected chi connectivity index (χ1v) is 14.2. The normalized spacial score (nSPS) is 17.1. The molecule has 3 aromatic carbocycles. The van der Waals surface area contributed by atoms with Crippen molar-refractivity contribution in [3.63, 3.8) is 0 Å². The van der Waals surface area contributed by atoms with E-state index in [4.69, 9.17) is 5.11 Å². The molecule has 0 spiro atoms. The smallest absolute Gasteiger partial charge is 0.335 e. The van der Waals surface area contributed by atoms with Crippen molar-refractivity contribution in [2.75, 3.05) is 30.4 Å². The molecule has 1 aromatic heterocycles. The number of aromatic carboxylic acids is 1. The van der Waals surface area contributed by atoms with E-state index in [1.807, 2.05) is 74.8 Å². The summed E-state index contributed by atoms with van der Waals surface area (Å²) in [6.45, 7) is 0.843. The summed E-state index contributed by atoms with van der Waals surface area (Å²) in [4.78, 5) is 44.2. The lowest BCUT2D eigenvalue weighted by Gasteiger charge is -2.38. The molecule has 6 rings (SSSR count). The number of pyridine rings is 1. The standard InChI is InChI=1S/C26H22N2O3.C10H11NO/c1-28-23-9-3-2-8-21(23)25(29)22(16-18-11-13-20(14-12-18)26(30)31)24(28)10-4-6-19-7-5-15-27-17-19;1-11-7-6-10(12)8-4-2-3-5-9(8)11/h2-3,5,7-9,11-15,17,22,24H,6,16H2,1H3,(H,30,31);2-5H,6-7H2,1H3. The van der Waals surface area contributed by atoms with Crippen molar-refractivity contribution < 1.29 is 19.5 Å². The highest BCUT2D eigenvalue weighted by molar-refractivity contribution is 6.06. The molecule has 2 aliphatic rings. The third kappa shape index (κ3) is 6.65. The first-order valence-electron chi connectivity index (χ1n) is 14.2. The summed E-state index contributed by atoms with van der Waals surface area (Å²) >= 11 is 0. The highest BCUT2D eigenvalue weighted by Crippen LogP contribution is 2.34. The number of hydrogen-bond donors (Lipinski definition) is 1. The van der Waals surface area contributed by atoms with Crippen LogP contribution in [0.25, 0.3) is 0 Å². The Labute approximate surface area is 251 Å². The third-order valence-corrected chi connectivity index (χ3v) is 7.90. The molecule has 2 aliphatic heterocycles. The van der Waals surface area contributed by atoms with Gasteiger partial charge in [0, 0.05) is 68.4 Å². The fourth-order valence-electron chi connectivity index (χ4n) is 5.52. The van der Waals surface area contributed by atoms with Crippen LogP contribution in [-0.4, -0.2) is 54.3 Å². The molecule has 0 radical (unpaired) electrons. The summed E-state index contributed by atoms with van der Waals surface area (Å²) in [6.07, 6.45) is 5.22. The molecule has 0 saturated heterocycles. The molecule has 0 aliphatic carbocycles. The predicted octanol–water partition coefficient (Wildman–Crippen LogP) is 5.60. The van der Waals surface area contributed by atoms with E-state index in [-0.39, 0.29) is 29.1 Å². The Kier molecular flexibility index (Phi) is 8.97. The monoisotopic (exact) mass is 571 g/mol. The highest BCUT2D eigenvalue weighted by Gasteiger charge is 2.37. The number of Topliss-reactive ketones (excluding diaryl/α,β-unsaturated/α-hetero) is 2. The van der Waals surface area contributed by atoms with E-state index in [2.05, 4.69) is 26.6 Å². The second kappa shape index (κ2) is 13.2. The lowest BCUT2D eigenvalue weighted by molar-refractivity contribution is 0.0696. The molecule has 3 heterocycles. The number of benzene rings is 3. The maximum Gasteiger partial charge on any atom is 0.335 e. The number of carbonyl (C=O) groups is 3. The van der Waals surface area contributed by atoms with Crippen molar-refractivity contribution in [2.24, 2.45) is 5.92 Å². The topological polar surface area (TPSA) is 90.8 Å². The predicted molar refractivity (Wildman–Crippen MR) is 168 cm³/mol. The summed E-state index contributed by atoms with van der Waals surface area (Å²) in [5.74, 6) is 5.57. The van der Waals surface area contributed by atoms with Gasteiger partial charge in [-0.15, -0.1) is 0 Å². The number of hydrogen-bond acceptors (Lipinski definition) is 6. The van der Waals surface area contributed by atoms with E-state index in [1.54, 1.807) is 36.7 Å². The second-order valence-electron chi connectivity index (χ2n) is 10.7. The number of ketones is 2. The van der Waals surface area contributed by atoms with E-state index >= 15 is 0 Å². The van der Waals surface area contributed by atoms with Crippen LogP contribution in [0.4, 0.5) is 11.4 Å². The summed E-state index contributed by atoms with van der Waals surface area (Å²) in [7, 11) is 3.99. The maximum atomic E-state index is 13.4. The Bertz CT molecular complexity index is 1690. The zero-order valence-electron chi connectivity index (χ0n) is 24.2. The number of aromatic nitrogens is 1. The molecule has 2 unspecified atom stereocenters. The Morgan fingerprint density at radius 3 is 2.26 bits per heavy atom. The van der Waals surface area contributed by atoms with Crippen molar-refractivity contribution in [3.05, 3.63) is 125 Å². The Morgan fingerprint density at radius 2 is 1.58 bits per heavy atom. The lowest BCUT2D eigenvalue weighted by atomic mass is 9.81. The molecule has 2 atom stereocenters. The fraction of sp³-hybridized carbons (Fsp3) is 0.222. The van der Waals surface area contributed by atoms with Crippen LogP contribution < -0.4 is 9.80 Å². The quantitative estimate of drug-likeness (QED) is 0.319. The van der Waals surface area contributed by atoms with E-state index in [9.17, 15) is 14.4 Å². The van der Waals surface area contributed by atoms with Crippen molar-refractivity contribution in [1.82, 2.24) is 4.98 Å². The Hall–Kier alpha value is -5.22. The minimum absolute atomic E-state index is 0.0664. The molecule has 0 fully saturated rings. The van der Waals surface area contributed by atoms with Gasteiger partial charge < -0.3 is 14.9 Å². The molecule has 216 valence electrons. The van der Waals surface area contributed by atoms with Gasteiger partial charge in [0.15, 0.2) is 11.6 Å². The van der Waals surface area contributed by atoms with Crippen LogP contribution in [0, 0.1) is 17.8 Å². The number of carbonyl (C=O) groups excluding carboxylic acids is 2. The fourth-order valence-corrected chi connectivity index (χ4v) is 5.52. The van der Waals surface area contributed by atoms with Gasteiger partial charge in [-0.05, 0) is 60.0 Å². The molecule has 1 N–H and O–H groups in total. The molecule has 7 heteroatoms. The van der Waals surface area contributed by atoms with Gasteiger partial charge in [0.2, 0.25) is 0 Å². The Balaban J connectivity index is 0.000000255.